The first-order valence-electron chi connectivity index (χ1n) is 6.93. The topological polar surface area (TPSA) is 38.8 Å². The summed E-state index contributed by atoms with van der Waals surface area (Å²) in [7, 11) is 0. The molecule has 0 N–H and O–H groups in total. The molecule has 1 aromatic rings. The van der Waals surface area contributed by atoms with Gasteiger partial charge >= 0.3 is 0 Å². The molecule has 0 spiro atoms. The van der Waals surface area contributed by atoms with Crippen LogP contribution in [0.5, 0.6) is 11.5 Å². The first-order chi connectivity index (χ1) is 9.87. The summed E-state index contributed by atoms with van der Waals surface area (Å²) in [6.07, 6.45) is 0.500. The van der Waals surface area contributed by atoms with Gasteiger partial charge in [0.2, 0.25) is 12.7 Å². The highest BCUT2D eigenvalue weighted by Crippen LogP contribution is 2.64. The predicted octanol–water partition coefficient (Wildman–Crippen LogP) is 3.35. The molecule has 2 aliphatic rings. The maximum Gasteiger partial charge on any atom is 0.231 e. The van der Waals surface area contributed by atoms with Gasteiger partial charge in [0.1, 0.15) is 4.33 Å². The number of amides is 1. The van der Waals surface area contributed by atoms with Gasteiger partial charge in [-0.2, -0.15) is 0 Å². The van der Waals surface area contributed by atoms with Gasteiger partial charge in [0.25, 0.3) is 0 Å². The fourth-order valence-electron chi connectivity index (χ4n) is 2.57. The summed E-state index contributed by atoms with van der Waals surface area (Å²) in [5, 5.41) is 0. The molecule has 4 nitrogen and oxygen atoms in total. The molecule has 1 amide bonds. The number of fused-ring (bicyclic) bond motifs is 1. The van der Waals surface area contributed by atoms with E-state index in [0.29, 0.717) is 19.5 Å². The Labute approximate surface area is 133 Å². The lowest BCUT2D eigenvalue weighted by Gasteiger charge is -2.25. The van der Waals surface area contributed by atoms with E-state index in [1.165, 1.54) is 0 Å². The highest BCUT2D eigenvalue weighted by Gasteiger charge is 2.68. The third-order valence-corrected chi connectivity index (χ3v) is 5.31. The number of carbonyl (C=O) groups is 1. The van der Waals surface area contributed by atoms with Crippen molar-refractivity contribution in [1.29, 1.82) is 0 Å². The Balaban J connectivity index is 1.75. The van der Waals surface area contributed by atoms with Crippen LogP contribution in [-0.2, 0) is 11.3 Å². The second kappa shape index (κ2) is 4.96. The molecule has 0 aromatic heterocycles. The Morgan fingerprint density at radius 2 is 2.00 bits per heavy atom. The molecule has 0 saturated heterocycles. The number of hydrogen-bond donors (Lipinski definition) is 0. The molecule has 3 rings (SSSR count). The lowest BCUT2D eigenvalue weighted by atomic mass is 10.1. The third-order valence-electron chi connectivity index (χ3n) is 4.21. The molecule has 1 atom stereocenters. The summed E-state index contributed by atoms with van der Waals surface area (Å²) in [6, 6.07) is 5.71. The van der Waals surface area contributed by atoms with Crippen molar-refractivity contribution in [2.24, 2.45) is 5.41 Å². The van der Waals surface area contributed by atoms with Crippen LogP contribution in [0.1, 0.15) is 25.8 Å². The Kier molecular flexibility index (Phi) is 3.49. The summed E-state index contributed by atoms with van der Waals surface area (Å²) in [5.74, 6) is 1.45. The van der Waals surface area contributed by atoms with E-state index >= 15 is 0 Å². The predicted molar refractivity (Wildman–Crippen MR) is 80.8 cm³/mol. The van der Waals surface area contributed by atoms with Crippen molar-refractivity contribution < 1.29 is 14.3 Å². The Bertz CT molecular complexity index is 590. The van der Waals surface area contributed by atoms with Crippen LogP contribution in [0.3, 0.4) is 0 Å². The molecule has 6 heteroatoms. The largest absolute Gasteiger partial charge is 0.454 e. The maximum atomic E-state index is 12.6. The molecular formula is C15H17Cl2NO3. The number of halogens is 2. The van der Waals surface area contributed by atoms with Crippen molar-refractivity contribution in [3.63, 3.8) is 0 Å². The van der Waals surface area contributed by atoms with Gasteiger partial charge in [0.05, 0.1) is 5.41 Å². The van der Waals surface area contributed by atoms with E-state index in [0.717, 1.165) is 17.1 Å². The zero-order valence-electron chi connectivity index (χ0n) is 12.0. The minimum absolute atomic E-state index is 0.00679. The molecule has 1 saturated carbocycles. The van der Waals surface area contributed by atoms with Crippen LogP contribution in [0.25, 0.3) is 0 Å². The first-order valence-corrected chi connectivity index (χ1v) is 7.69. The van der Waals surface area contributed by atoms with Gasteiger partial charge in [-0.1, -0.05) is 6.07 Å². The second-order valence-electron chi connectivity index (χ2n) is 5.72. The lowest BCUT2D eigenvalue weighted by molar-refractivity contribution is -0.136. The lowest BCUT2D eigenvalue weighted by Crippen LogP contribution is -2.37. The number of hydrogen-bond acceptors (Lipinski definition) is 3. The Morgan fingerprint density at radius 1 is 1.33 bits per heavy atom. The third kappa shape index (κ3) is 2.44. The van der Waals surface area contributed by atoms with Crippen molar-refractivity contribution in [3.05, 3.63) is 23.8 Å². The van der Waals surface area contributed by atoms with Crippen molar-refractivity contribution in [2.45, 2.75) is 31.1 Å². The number of rotatable bonds is 4. The van der Waals surface area contributed by atoms with Crippen molar-refractivity contribution in [3.8, 4) is 11.5 Å². The summed E-state index contributed by atoms with van der Waals surface area (Å²) >= 11 is 12.2. The molecule has 1 fully saturated rings. The molecule has 0 bridgehead atoms. The van der Waals surface area contributed by atoms with Crippen molar-refractivity contribution in [1.82, 2.24) is 4.90 Å². The number of ether oxygens (including phenoxy) is 2. The summed E-state index contributed by atoms with van der Waals surface area (Å²) in [5.41, 5.74) is 0.316. The van der Waals surface area contributed by atoms with Gasteiger partial charge in [-0.05, 0) is 38.0 Å². The van der Waals surface area contributed by atoms with Crippen molar-refractivity contribution >= 4 is 29.1 Å². The Morgan fingerprint density at radius 3 is 2.62 bits per heavy atom. The van der Waals surface area contributed by atoms with E-state index in [9.17, 15) is 4.79 Å². The van der Waals surface area contributed by atoms with Gasteiger partial charge in [-0.25, -0.2) is 0 Å². The molecule has 1 aliphatic carbocycles. The second-order valence-corrected chi connectivity index (χ2v) is 7.20. The van der Waals surface area contributed by atoms with Crippen LogP contribution >= 0.6 is 23.2 Å². The van der Waals surface area contributed by atoms with E-state index in [2.05, 4.69) is 0 Å². The smallest absolute Gasteiger partial charge is 0.231 e. The van der Waals surface area contributed by atoms with Crippen LogP contribution in [0, 0.1) is 5.41 Å². The van der Waals surface area contributed by atoms with Crippen LogP contribution in [0.15, 0.2) is 18.2 Å². The van der Waals surface area contributed by atoms with Gasteiger partial charge in [-0.3, -0.25) is 4.79 Å². The van der Waals surface area contributed by atoms with E-state index in [1.54, 1.807) is 4.90 Å². The molecule has 1 aromatic carbocycles. The first kappa shape index (κ1) is 14.8. The average molecular weight is 330 g/mol. The van der Waals surface area contributed by atoms with Gasteiger partial charge in [0.15, 0.2) is 11.5 Å². The highest BCUT2D eigenvalue weighted by molar-refractivity contribution is 6.53. The van der Waals surface area contributed by atoms with Gasteiger partial charge in [0, 0.05) is 13.1 Å². The number of alkyl halides is 2. The summed E-state index contributed by atoms with van der Waals surface area (Å²) < 4.78 is 9.71. The molecule has 1 aliphatic heterocycles. The quantitative estimate of drug-likeness (QED) is 0.795. The molecule has 1 unspecified atom stereocenters. The highest BCUT2D eigenvalue weighted by atomic mass is 35.5. The molecule has 1 heterocycles. The normalized spacial score (nSPS) is 24.8. The van der Waals surface area contributed by atoms with Gasteiger partial charge in [-0.15, -0.1) is 23.2 Å². The number of benzene rings is 1. The maximum absolute atomic E-state index is 12.6. The fraction of sp³-hybridized carbons (Fsp3) is 0.533. The van der Waals surface area contributed by atoms with Crippen LogP contribution in [0.2, 0.25) is 0 Å². The van der Waals surface area contributed by atoms with Gasteiger partial charge < -0.3 is 14.4 Å². The molecular weight excluding hydrogens is 313 g/mol. The monoisotopic (exact) mass is 329 g/mol. The fourth-order valence-corrected chi connectivity index (χ4v) is 3.26. The SMILES string of the molecule is CCN(Cc1ccc2c(c1)OCO2)C(=O)C1(C)CC1(Cl)Cl. The molecule has 114 valence electrons. The molecule has 21 heavy (non-hydrogen) atoms. The van der Waals surface area contributed by atoms with E-state index in [-0.39, 0.29) is 12.7 Å². The van der Waals surface area contributed by atoms with E-state index in [1.807, 2.05) is 32.0 Å². The Hall–Kier alpha value is -1.13. The summed E-state index contributed by atoms with van der Waals surface area (Å²) in [6.45, 7) is 5.12. The van der Waals surface area contributed by atoms with Crippen LogP contribution in [-0.4, -0.2) is 28.5 Å². The van der Waals surface area contributed by atoms with Crippen LogP contribution in [0.4, 0.5) is 0 Å². The molecule has 0 radical (unpaired) electrons. The summed E-state index contributed by atoms with van der Waals surface area (Å²) in [4.78, 5) is 14.4. The average Bonchev–Trinajstić information content (AvgIpc) is 2.79. The number of carbonyl (C=O) groups excluding carboxylic acids is 1. The van der Waals surface area contributed by atoms with E-state index in [4.69, 9.17) is 32.7 Å². The number of nitrogens with zero attached hydrogens (tertiary/aromatic N) is 1. The van der Waals surface area contributed by atoms with Crippen molar-refractivity contribution in [2.75, 3.05) is 13.3 Å². The zero-order valence-corrected chi connectivity index (χ0v) is 13.5. The minimum Gasteiger partial charge on any atom is -0.454 e. The minimum atomic E-state index is -0.938. The standard InChI is InChI=1S/C15H17Cl2NO3/c1-3-18(13(19)14(2)8-15(14,16)17)7-10-4-5-11-12(6-10)21-9-20-11/h4-6H,3,7-9H2,1-2H3. The van der Waals surface area contributed by atoms with E-state index < -0.39 is 9.75 Å². The zero-order chi connectivity index (χ0) is 15.3. The van der Waals surface area contributed by atoms with Crippen LogP contribution < -0.4 is 9.47 Å².